The molecule has 7 heteroatoms. The molecular formula is C25H37N3O3S. The van der Waals surface area contributed by atoms with Crippen molar-refractivity contribution in [2.45, 2.75) is 75.6 Å². The molecule has 32 heavy (non-hydrogen) atoms. The molecule has 3 rings (SSSR count). The zero-order chi connectivity index (χ0) is 23.0. The molecular weight excluding hydrogens is 422 g/mol. The highest BCUT2D eigenvalue weighted by Gasteiger charge is 2.39. The van der Waals surface area contributed by atoms with Gasteiger partial charge in [-0.1, -0.05) is 12.8 Å². The zero-order valence-corrected chi connectivity index (χ0v) is 20.4. The van der Waals surface area contributed by atoms with Gasteiger partial charge in [0.1, 0.15) is 12.3 Å². The van der Waals surface area contributed by atoms with E-state index in [-0.39, 0.29) is 24.0 Å². The van der Waals surface area contributed by atoms with Crippen LogP contribution in [-0.4, -0.2) is 42.7 Å². The Morgan fingerprint density at radius 3 is 2.56 bits per heavy atom. The number of hydrogen-bond donors (Lipinski definition) is 2. The molecule has 0 unspecified atom stereocenters. The molecule has 1 heterocycles. The van der Waals surface area contributed by atoms with Crippen molar-refractivity contribution in [1.82, 2.24) is 10.6 Å². The Morgan fingerprint density at radius 1 is 1.22 bits per heavy atom. The first-order valence-electron chi connectivity index (χ1n) is 11.8. The van der Waals surface area contributed by atoms with Crippen LogP contribution in [0.15, 0.2) is 29.2 Å². The Kier molecular flexibility index (Phi) is 8.87. The molecule has 1 amide bonds. The van der Waals surface area contributed by atoms with Gasteiger partial charge in [0.15, 0.2) is 0 Å². The molecule has 1 aliphatic heterocycles. The van der Waals surface area contributed by atoms with Gasteiger partial charge in [0.05, 0.1) is 11.7 Å². The third-order valence-corrected chi connectivity index (χ3v) is 7.24. The third-order valence-electron chi connectivity index (χ3n) is 6.04. The molecule has 1 aromatic rings. The highest BCUT2D eigenvalue weighted by molar-refractivity contribution is 7.99. The van der Waals surface area contributed by atoms with Crippen LogP contribution in [0.5, 0.6) is 5.75 Å². The first kappa shape index (κ1) is 24.9. The summed E-state index contributed by atoms with van der Waals surface area (Å²) in [6.45, 7) is 8.06. The van der Waals surface area contributed by atoms with Crippen molar-refractivity contribution in [3.8, 4) is 11.8 Å². The highest BCUT2D eigenvalue weighted by atomic mass is 32.2. The summed E-state index contributed by atoms with van der Waals surface area (Å²) in [5.41, 5.74) is -0.275. The average molecular weight is 460 g/mol. The summed E-state index contributed by atoms with van der Waals surface area (Å²) in [6, 6.07) is 10.2. The molecule has 0 radical (unpaired) electrons. The van der Waals surface area contributed by atoms with Gasteiger partial charge in [0.2, 0.25) is 11.7 Å². The topological polar surface area (TPSA) is 83.4 Å². The fourth-order valence-corrected chi connectivity index (χ4v) is 5.76. The smallest absolute Gasteiger partial charge is 0.224 e. The van der Waals surface area contributed by atoms with Gasteiger partial charge in [0.25, 0.3) is 0 Å². The molecule has 2 N–H and O–H groups in total. The maximum absolute atomic E-state index is 12.4. The Labute approximate surface area is 196 Å². The van der Waals surface area contributed by atoms with E-state index in [1.54, 1.807) is 11.8 Å². The fourth-order valence-electron chi connectivity index (χ4n) is 4.62. The summed E-state index contributed by atoms with van der Waals surface area (Å²) < 4.78 is 12.8. The van der Waals surface area contributed by atoms with Crippen molar-refractivity contribution < 1.29 is 14.3 Å². The van der Waals surface area contributed by atoms with Crippen LogP contribution in [0.4, 0.5) is 0 Å². The number of carbonyl (C=O) groups is 1. The lowest BCUT2D eigenvalue weighted by molar-refractivity contribution is -0.246. The van der Waals surface area contributed by atoms with E-state index in [1.807, 2.05) is 18.2 Å². The lowest BCUT2D eigenvalue weighted by Crippen LogP contribution is -2.51. The molecule has 0 aromatic heterocycles. The van der Waals surface area contributed by atoms with E-state index in [1.165, 1.54) is 11.3 Å². The number of thioether (sulfide) groups is 1. The molecule has 2 atom stereocenters. The minimum Gasteiger partial charge on any atom is -0.462 e. The van der Waals surface area contributed by atoms with Crippen molar-refractivity contribution in [2.24, 2.45) is 11.8 Å². The fraction of sp³-hybridized carbons (Fsp3) is 0.680. The van der Waals surface area contributed by atoms with E-state index in [9.17, 15) is 4.79 Å². The van der Waals surface area contributed by atoms with Crippen LogP contribution in [0, 0.1) is 23.2 Å². The van der Waals surface area contributed by atoms with Crippen molar-refractivity contribution in [1.29, 1.82) is 5.26 Å². The minimum absolute atomic E-state index is 0.0153. The summed E-state index contributed by atoms with van der Waals surface area (Å²) in [5, 5.41) is 14.9. The minimum atomic E-state index is -0.593. The van der Waals surface area contributed by atoms with Gasteiger partial charge in [0, 0.05) is 42.5 Å². The molecule has 1 saturated heterocycles. The third kappa shape index (κ3) is 7.40. The first-order valence-corrected chi connectivity index (χ1v) is 12.8. The number of hydrogen-bond acceptors (Lipinski definition) is 6. The highest BCUT2D eigenvalue weighted by Crippen LogP contribution is 2.36. The molecule has 2 fully saturated rings. The van der Waals surface area contributed by atoms with Crippen LogP contribution in [-0.2, 0) is 9.53 Å². The van der Waals surface area contributed by atoms with Crippen molar-refractivity contribution in [3.63, 3.8) is 0 Å². The van der Waals surface area contributed by atoms with E-state index in [0.717, 1.165) is 56.7 Å². The van der Waals surface area contributed by atoms with Crippen molar-refractivity contribution >= 4 is 17.7 Å². The van der Waals surface area contributed by atoms with Gasteiger partial charge in [-0.15, -0.1) is 11.8 Å². The Hall–Kier alpha value is -1.75. The molecule has 176 valence electrons. The lowest BCUT2D eigenvalue weighted by Gasteiger charge is -2.42. The van der Waals surface area contributed by atoms with Crippen LogP contribution < -0.4 is 15.4 Å². The van der Waals surface area contributed by atoms with E-state index in [4.69, 9.17) is 14.7 Å². The van der Waals surface area contributed by atoms with Crippen LogP contribution >= 0.6 is 11.8 Å². The maximum atomic E-state index is 12.4. The molecule has 0 spiro atoms. The number of nitrogens with one attached hydrogen (secondary N) is 2. The second-order valence-corrected chi connectivity index (χ2v) is 10.9. The van der Waals surface area contributed by atoms with Gasteiger partial charge in [-0.25, -0.2) is 0 Å². The largest absolute Gasteiger partial charge is 0.462 e. The van der Waals surface area contributed by atoms with E-state index >= 15 is 0 Å². The summed E-state index contributed by atoms with van der Waals surface area (Å²) >= 11 is 1.79. The summed E-state index contributed by atoms with van der Waals surface area (Å²) in [4.78, 5) is 13.6. The Bertz CT molecular complexity index is 779. The predicted octanol–water partition coefficient (Wildman–Crippen LogP) is 4.50. The summed E-state index contributed by atoms with van der Waals surface area (Å²) in [6.07, 6.45) is 5.88. The number of piperidine rings is 1. The number of ether oxygens (including phenoxy) is 2. The predicted molar refractivity (Wildman–Crippen MR) is 128 cm³/mol. The van der Waals surface area contributed by atoms with Crippen LogP contribution in [0.3, 0.4) is 0 Å². The monoisotopic (exact) mass is 459 g/mol. The molecule has 6 nitrogen and oxygen atoms in total. The Balaban J connectivity index is 1.58. The first-order chi connectivity index (χ1) is 15.3. The molecule has 1 saturated carbocycles. The van der Waals surface area contributed by atoms with Crippen molar-refractivity contribution in [2.75, 3.05) is 25.4 Å². The lowest BCUT2D eigenvalue weighted by atomic mass is 9.80. The molecule has 2 aliphatic rings. The Morgan fingerprint density at radius 2 is 1.91 bits per heavy atom. The normalized spacial score (nSPS) is 23.2. The molecule has 1 aliphatic carbocycles. The quantitative estimate of drug-likeness (QED) is 0.338. The second-order valence-electron chi connectivity index (χ2n) is 9.79. The number of benzene rings is 1. The number of amides is 1. The van der Waals surface area contributed by atoms with Gasteiger partial charge >= 0.3 is 0 Å². The van der Waals surface area contributed by atoms with Gasteiger partial charge < -0.3 is 20.1 Å². The second kappa shape index (κ2) is 11.4. The van der Waals surface area contributed by atoms with E-state index in [0.29, 0.717) is 5.92 Å². The average Bonchev–Trinajstić information content (AvgIpc) is 2.76. The molecule has 0 bridgehead atoms. The van der Waals surface area contributed by atoms with Crippen LogP contribution in [0.25, 0.3) is 0 Å². The number of nitrogens with zero attached hydrogens (tertiary/aromatic N) is 1. The zero-order valence-electron chi connectivity index (χ0n) is 19.6. The number of nitriles is 1. The van der Waals surface area contributed by atoms with Gasteiger partial charge in [-0.05, 0) is 63.8 Å². The summed E-state index contributed by atoms with van der Waals surface area (Å²) in [5.74, 6) is 1.54. The van der Waals surface area contributed by atoms with Crippen LogP contribution in [0.1, 0.15) is 59.3 Å². The maximum Gasteiger partial charge on any atom is 0.224 e. The van der Waals surface area contributed by atoms with Gasteiger partial charge in [-0.3, -0.25) is 4.79 Å². The van der Waals surface area contributed by atoms with Crippen LogP contribution in [0.2, 0.25) is 0 Å². The standard InChI is InChI=1S/C25H37N3O3S/c1-24(2,3)31-25(12-15-27-16-13-25)30-20-8-10-21(11-9-20)32-18-19-6-4-5-7-22(19)23(29)28-17-14-26/h8-11,19,22,27H,4-7,12-13,15-18H2,1-3H3,(H,28,29)/t19-,22+/m0/s1. The molecule has 1 aromatic carbocycles. The van der Waals surface area contributed by atoms with Crippen molar-refractivity contribution in [3.05, 3.63) is 24.3 Å². The van der Waals surface area contributed by atoms with Gasteiger partial charge in [-0.2, -0.15) is 5.26 Å². The van der Waals surface area contributed by atoms with E-state index < -0.39 is 5.79 Å². The summed E-state index contributed by atoms with van der Waals surface area (Å²) in [7, 11) is 0. The van der Waals surface area contributed by atoms with E-state index in [2.05, 4.69) is 43.5 Å². The number of rotatable bonds is 8. The SMILES string of the molecule is CC(C)(C)OC1(Oc2ccc(SC[C@@H]3CCCC[C@H]3C(=O)NCC#N)cc2)CCNCC1. The number of carbonyl (C=O) groups excluding carboxylic acids is 1.